The Bertz CT molecular complexity index is 1410. The van der Waals surface area contributed by atoms with Crippen LogP contribution >= 0.6 is 0 Å². The van der Waals surface area contributed by atoms with Gasteiger partial charge in [0.2, 0.25) is 0 Å². The highest BCUT2D eigenvalue weighted by atomic mass is 19.4. The van der Waals surface area contributed by atoms with Gasteiger partial charge in [0, 0.05) is 32.4 Å². The van der Waals surface area contributed by atoms with E-state index in [1.165, 1.54) is 17.3 Å². The van der Waals surface area contributed by atoms with Crippen LogP contribution in [0.5, 0.6) is 0 Å². The molecule has 0 aliphatic carbocycles. The van der Waals surface area contributed by atoms with Crippen molar-refractivity contribution in [2.45, 2.75) is 44.5 Å². The largest absolute Gasteiger partial charge is 0.416 e. The van der Waals surface area contributed by atoms with Gasteiger partial charge >= 0.3 is 12.2 Å². The van der Waals surface area contributed by atoms with Crippen LogP contribution in [0.25, 0.3) is 11.2 Å². The van der Waals surface area contributed by atoms with E-state index in [0.29, 0.717) is 28.9 Å². The summed E-state index contributed by atoms with van der Waals surface area (Å²) < 4.78 is 72.4. The van der Waals surface area contributed by atoms with E-state index >= 15 is 0 Å². The van der Waals surface area contributed by atoms with Gasteiger partial charge in [0.05, 0.1) is 24.6 Å². The summed E-state index contributed by atoms with van der Waals surface area (Å²) in [5.74, 6) is -0.696. The maximum Gasteiger partial charge on any atom is 0.416 e. The number of amides is 3. The number of hydrogen-bond acceptors (Lipinski definition) is 8. The van der Waals surface area contributed by atoms with Gasteiger partial charge in [-0.2, -0.15) is 18.3 Å². The molecule has 0 aromatic carbocycles. The van der Waals surface area contributed by atoms with E-state index in [2.05, 4.69) is 20.1 Å². The van der Waals surface area contributed by atoms with Crippen LogP contribution in [0.4, 0.5) is 38.4 Å². The Hall–Kier alpha value is -3.95. The molecule has 2 aliphatic heterocycles. The number of anilines is 2. The molecule has 11 nitrogen and oxygen atoms in total. The summed E-state index contributed by atoms with van der Waals surface area (Å²) in [4.78, 5) is 43.7. The van der Waals surface area contributed by atoms with Gasteiger partial charge in [-0.05, 0) is 31.9 Å². The van der Waals surface area contributed by atoms with E-state index in [0.717, 1.165) is 16.9 Å². The zero-order valence-electron chi connectivity index (χ0n) is 21.3. The van der Waals surface area contributed by atoms with Gasteiger partial charge in [0.15, 0.2) is 5.65 Å². The van der Waals surface area contributed by atoms with Crippen molar-refractivity contribution in [3.8, 4) is 0 Å². The molecule has 3 amide bonds. The first kappa shape index (κ1) is 27.6. The number of ether oxygens (including phenoxy) is 1. The van der Waals surface area contributed by atoms with Crippen molar-refractivity contribution < 1.29 is 36.3 Å². The molecule has 1 spiro atoms. The van der Waals surface area contributed by atoms with Crippen LogP contribution in [0.3, 0.4) is 0 Å². The number of halogens is 5. The molecule has 2 saturated heterocycles. The van der Waals surface area contributed by atoms with Crippen LogP contribution in [-0.4, -0.2) is 86.4 Å². The second-order valence-electron chi connectivity index (χ2n) is 9.35. The van der Waals surface area contributed by atoms with Crippen molar-refractivity contribution in [3.63, 3.8) is 0 Å². The van der Waals surface area contributed by atoms with Crippen molar-refractivity contribution in [1.29, 1.82) is 0 Å². The van der Waals surface area contributed by atoms with Gasteiger partial charge < -0.3 is 14.5 Å². The minimum Gasteiger partial charge on any atom is -0.380 e. The van der Waals surface area contributed by atoms with Gasteiger partial charge in [0.25, 0.3) is 12.3 Å². The number of nitrogens with zero attached hydrogens (tertiary/aromatic N) is 8. The van der Waals surface area contributed by atoms with Crippen LogP contribution in [0.15, 0.2) is 30.7 Å². The third-order valence-electron chi connectivity index (χ3n) is 7.06. The molecule has 3 aromatic rings. The van der Waals surface area contributed by atoms with Crippen LogP contribution in [0.1, 0.15) is 25.3 Å². The summed E-state index contributed by atoms with van der Waals surface area (Å²) in [7, 11) is 0. The molecule has 5 rings (SSSR count). The predicted molar refractivity (Wildman–Crippen MR) is 131 cm³/mol. The highest BCUT2D eigenvalue weighted by Gasteiger charge is 2.59. The zero-order chi connectivity index (χ0) is 28.7. The molecule has 5 heterocycles. The van der Waals surface area contributed by atoms with E-state index in [9.17, 15) is 31.5 Å². The van der Waals surface area contributed by atoms with Gasteiger partial charge in [0.1, 0.15) is 29.2 Å². The van der Waals surface area contributed by atoms with E-state index in [1.807, 2.05) is 0 Å². The highest BCUT2D eigenvalue weighted by molar-refractivity contribution is 6.23. The maximum absolute atomic E-state index is 13.8. The Morgan fingerprint density at radius 3 is 2.52 bits per heavy atom. The third-order valence-corrected chi connectivity index (χ3v) is 7.06. The molecule has 3 aromatic heterocycles. The second kappa shape index (κ2) is 10.6. The van der Waals surface area contributed by atoms with Gasteiger partial charge in [-0.1, -0.05) is 0 Å². The number of urea groups is 1. The molecule has 2 fully saturated rings. The minimum atomic E-state index is -4.69. The Morgan fingerprint density at radius 2 is 1.85 bits per heavy atom. The number of imide groups is 1. The smallest absolute Gasteiger partial charge is 0.380 e. The normalized spacial score (nSPS) is 17.7. The molecule has 214 valence electrons. The Kier molecular flexibility index (Phi) is 7.29. The summed E-state index contributed by atoms with van der Waals surface area (Å²) in [5, 5.41) is 3.91. The number of carbonyl (C=O) groups is 2. The molecule has 0 saturated carbocycles. The van der Waals surface area contributed by atoms with Crippen LogP contribution in [-0.2, 0) is 22.3 Å². The Morgan fingerprint density at radius 1 is 1.10 bits per heavy atom. The minimum absolute atomic E-state index is 0.0481. The number of fused-ring (bicyclic) bond motifs is 1. The first-order valence-corrected chi connectivity index (χ1v) is 12.5. The molecule has 40 heavy (non-hydrogen) atoms. The van der Waals surface area contributed by atoms with Crippen molar-refractivity contribution in [2.75, 3.05) is 42.6 Å². The number of alkyl halides is 5. The van der Waals surface area contributed by atoms with Crippen LogP contribution < -0.4 is 9.80 Å². The van der Waals surface area contributed by atoms with Gasteiger partial charge in [-0.3, -0.25) is 4.79 Å². The molecular formula is C24H25F5N8O3. The molecular weight excluding hydrogens is 543 g/mol. The lowest BCUT2D eigenvalue weighted by atomic mass is 9.85. The van der Waals surface area contributed by atoms with Gasteiger partial charge in [-0.25, -0.2) is 38.1 Å². The average Bonchev–Trinajstić information content (AvgIpc) is 3.40. The third kappa shape index (κ3) is 4.91. The first-order chi connectivity index (χ1) is 19.0. The lowest BCUT2D eigenvalue weighted by Crippen LogP contribution is -2.57. The monoisotopic (exact) mass is 568 g/mol. The second-order valence-corrected chi connectivity index (χ2v) is 9.35. The fourth-order valence-electron chi connectivity index (χ4n) is 5.09. The predicted octanol–water partition coefficient (Wildman–Crippen LogP) is 3.35. The maximum atomic E-state index is 13.8. The number of piperidine rings is 1. The number of carbonyl (C=O) groups excluding carboxylic acids is 2. The zero-order valence-corrected chi connectivity index (χ0v) is 21.3. The molecule has 2 aliphatic rings. The quantitative estimate of drug-likeness (QED) is 0.231. The molecule has 0 bridgehead atoms. The first-order valence-electron chi connectivity index (χ1n) is 12.5. The topological polar surface area (TPSA) is 110 Å². The van der Waals surface area contributed by atoms with Crippen molar-refractivity contribution in [3.05, 3.63) is 36.3 Å². The number of hydrogen-bond donors (Lipinski definition) is 0. The van der Waals surface area contributed by atoms with Crippen molar-refractivity contribution in [2.24, 2.45) is 0 Å². The average molecular weight is 569 g/mol. The summed E-state index contributed by atoms with van der Waals surface area (Å²) in [6, 6.07) is 0.667. The van der Waals surface area contributed by atoms with E-state index in [-0.39, 0.29) is 44.7 Å². The van der Waals surface area contributed by atoms with E-state index in [1.54, 1.807) is 11.8 Å². The molecule has 16 heteroatoms. The van der Waals surface area contributed by atoms with Crippen LogP contribution in [0.2, 0.25) is 0 Å². The summed E-state index contributed by atoms with van der Waals surface area (Å²) >= 11 is 0. The molecule has 0 unspecified atom stereocenters. The van der Waals surface area contributed by atoms with Gasteiger partial charge in [-0.15, -0.1) is 0 Å². The fraction of sp³-hybridized carbons (Fsp3) is 0.500. The summed E-state index contributed by atoms with van der Waals surface area (Å²) in [6.07, 6.45) is -3.33. The summed E-state index contributed by atoms with van der Waals surface area (Å²) in [5.41, 5.74) is -1.84. The number of rotatable bonds is 8. The van der Waals surface area contributed by atoms with E-state index in [4.69, 9.17) is 4.74 Å². The lowest BCUT2D eigenvalue weighted by molar-refractivity contribution is -0.137. The van der Waals surface area contributed by atoms with Crippen molar-refractivity contribution in [1.82, 2.24) is 29.6 Å². The lowest BCUT2D eigenvalue weighted by Gasteiger charge is -2.42. The molecule has 0 N–H and O–H groups in total. The highest BCUT2D eigenvalue weighted by Crippen LogP contribution is 2.40. The fourth-order valence-corrected chi connectivity index (χ4v) is 5.09. The standard InChI is InChI=1S/C24H25F5N8O3/c1-2-40-10-9-35-22(39)37(18-11-15(3-6-30-18)24(27,28)29)21(38)23(35)4-7-34(8-5-23)19-13-31-16-12-32-36(14-17(25)26)20(16)33-19/h3,6,11-13,17H,2,4-5,7-10,14H2,1H3. The Labute approximate surface area is 224 Å². The molecule has 0 radical (unpaired) electrons. The molecule has 0 atom stereocenters. The van der Waals surface area contributed by atoms with Crippen LogP contribution in [0, 0.1) is 0 Å². The SMILES string of the molecule is CCOCCN1C(=O)N(c2cc(C(F)(F)F)ccn2)C(=O)C12CCN(c1cnc3cnn(CC(F)F)c3n1)CC2. The van der Waals surface area contributed by atoms with E-state index < -0.39 is 48.0 Å². The number of aromatic nitrogens is 5. The summed E-state index contributed by atoms with van der Waals surface area (Å²) in [6.45, 7) is 2.14. The number of pyridine rings is 1. The Balaban J connectivity index is 1.42. The van der Waals surface area contributed by atoms with Crippen molar-refractivity contribution >= 4 is 34.7 Å².